The van der Waals surface area contributed by atoms with E-state index in [-0.39, 0.29) is 10.1 Å². The first-order valence-corrected chi connectivity index (χ1v) is 9.12. The molecule has 0 aromatic heterocycles. The summed E-state index contributed by atoms with van der Waals surface area (Å²) >= 11 is 0. The fraction of sp³-hybridized carbons (Fsp3) is 0.688. The fourth-order valence-corrected chi connectivity index (χ4v) is 2.88. The number of hydrogen-bond donors (Lipinski definition) is 3. The molecule has 8 atom stereocenters. The molecule has 0 amide bonds. The Balaban J connectivity index is 3.18. The highest BCUT2D eigenvalue weighted by Crippen LogP contribution is 2.38. The summed E-state index contributed by atoms with van der Waals surface area (Å²) in [5, 5.41) is 79.2. The minimum absolute atomic E-state index is 0.0104. The summed E-state index contributed by atoms with van der Waals surface area (Å²) in [6, 6.07) is -2.26. The van der Waals surface area contributed by atoms with Crippen molar-refractivity contribution in [2.45, 2.75) is 61.9 Å². The quantitative estimate of drug-likeness (QED) is 0.112. The van der Waals surface area contributed by atoms with Crippen LogP contribution in [0.4, 0.5) is 0 Å². The van der Waals surface area contributed by atoms with Crippen LogP contribution in [-0.4, -0.2) is 80.6 Å². The molecule has 0 spiro atoms. The van der Waals surface area contributed by atoms with E-state index in [1.54, 1.807) is 0 Å². The highest BCUT2D eigenvalue weighted by Gasteiger charge is 2.62. The lowest BCUT2D eigenvalue weighted by atomic mass is 10.0. The van der Waals surface area contributed by atoms with E-state index in [1.807, 2.05) is 0 Å². The molecule has 1 aliphatic rings. The molecular weight excluding hydrogens is 462 g/mol. The molecular formula is C16H17N9O9. The van der Waals surface area contributed by atoms with Gasteiger partial charge >= 0.3 is 0 Å². The largest absolute Gasteiger partial charge is 0.394 e. The third-order valence-electron chi connectivity index (χ3n) is 4.39. The predicted molar refractivity (Wildman–Crippen MR) is 98.7 cm³/mol. The van der Waals surface area contributed by atoms with Crippen LogP contribution >= 0.6 is 0 Å². The molecule has 3 N–H and O–H groups in total. The van der Waals surface area contributed by atoms with Crippen molar-refractivity contribution in [3.8, 4) is 30.8 Å². The van der Waals surface area contributed by atoms with Crippen LogP contribution in [-0.2, 0) is 19.1 Å². The number of ether oxygens (including phenoxy) is 2. The molecule has 18 nitrogen and oxygen atoms in total. The molecule has 0 aromatic carbocycles. The maximum absolute atomic E-state index is 11.4. The number of hydroxylamine groups is 4. The predicted octanol–water partition coefficient (Wildman–Crippen LogP) is -1.90. The SMILES string of the molecule is C[C@@H](CC(ON(C#N)C#N)C(O)[C@@H](O)CO)O[C@]1(C#N)OC(ON(C#N)C#N)C(N=O)C1N=O. The van der Waals surface area contributed by atoms with Gasteiger partial charge < -0.3 is 24.8 Å². The molecule has 1 aliphatic heterocycles. The van der Waals surface area contributed by atoms with Gasteiger partial charge in [0.15, 0.2) is 12.1 Å². The molecule has 18 heteroatoms. The third kappa shape index (κ3) is 6.27. The monoisotopic (exact) mass is 479 g/mol. The van der Waals surface area contributed by atoms with Crippen LogP contribution in [0.2, 0.25) is 0 Å². The number of nitriles is 5. The zero-order chi connectivity index (χ0) is 25.9. The summed E-state index contributed by atoms with van der Waals surface area (Å²) in [6.07, 6.45) is -3.64. The normalized spacial score (nSPS) is 26.7. The molecule has 1 fully saturated rings. The lowest BCUT2D eigenvalue weighted by Crippen LogP contribution is -2.48. The summed E-state index contributed by atoms with van der Waals surface area (Å²) in [7, 11) is 0. The van der Waals surface area contributed by atoms with E-state index < -0.39 is 61.6 Å². The van der Waals surface area contributed by atoms with Crippen LogP contribution < -0.4 is 0 Å². The Morgan fingerprint density at radius 2 is 1.65 bits per heavy atom. The van der Waals surface area contributed by atoms with E-state index in [4.69, 9.17) is 45.3 Å². The van der Waals surface area contributed by atoms with Gasteiger partial charge in [-0.2, -0.15) is 36.1 Å². The van der Waals surface area contributed by atoms with Crippen LogP contribution in [0.1, 0.15) is 13.3 Å². The van der Waals surface area contributed by atoms with Crippen molar-refractivity contribution in [3.05, 3.63) is 9.81 Å². The van der Waals surface area contributed by atoms with Gasteiger partial charge in [-0.15, -0.1) is 0 Å². The molecule has 5 unspecified atom stereocenters. The fourth-order valence-electron chi connectivity index (χ4n) is 2.88. The lowest BCUT2D eigenvalue weighted by molar-refractivity contribution is -0.299. The number of aliphatic hydroxyl groups excluding tert-OH is 3. The second-order valence-corrected chi connectivity index (χ2v) is 6.55. The molecule has 0 aliphatic carbocycles. The van der Waals surface area contributed by atoms with Crippen molar-refractivity contribution in [1.29, 1.82) is 26.3 Å². The molecule has 1 rings (SSSR count). The Bertz CT molecular complexity index is 907. The van der Waals surface area contributed by atoms with Crippen LogP contribution in [0, 0.1) is 67.0 Å². The maximum atomic E-state index is 11.4. The van der Waals surface area contributed by atoms with Crippen molar-refractivity contribution >= 4 is 0 Å². The Kier molecular flexibility index (Phi) is 10.6. The molecule has 1 saturated heterocycles. The first kappa shape index (κ1) is 28.0. The second kappa shape index (κ2) is 12.9. The highest BCUT2D eigenvalue weighted by atomic mass is 16.8. The van der Waals surface area contributed by atoms with E-state index in [0.717, 1.165) is 0 Å². The number of nitroso groups, excluding NO2 is 2. The van der Waals surface area contributed by atoms with E-state index in [1.165, 1.54) is 37.8 Å². The second-order valence-electron chi connectivity index (χ2n) is 6.55. The van der Waals surface area contributed by atoms with Crippen molar-refractivity contribution in [2.24, 2.45) is 10.4 Å². The number of nitrogens with zero attached hydrogens (tertiary/aromatic N) is 9. The van der Waals surface area contributed by atoms with Gasteiger partial charge in [-0.25, -0.2) is 9.68 Å². The van der Waals surface area contributed by atoms with Gasteiger partial charge in [0.25, 0.3) is 5.79 Å². The first-order valence-electron chi connectivity index (χ1n) is 9.12. The Morgan fingerprint density at radius 3 is 2.09 bits per heavy atom. The van der Waals surface area contributed by atoms with Gasteiger partial charge in [-0.1, -0.05) is 20.5 Å². The average molecular weight is 479 g/mol. The number of aliphatic hydroxyl groups is 3. The van der Waals surface area contributed by atoms with Gasteiger partial charge in [0.05, 0.1) is 12.7 Å². The van der Waals surface area contributed by atoms with Gasteiger partial charge in [-0.05, 0) is 6.92 Å². The number of rotatable bonds is 13. The van der Waals surface area contributed by atoms with Crippen molar-refractivity contribution < 1.29 is 34.5 Å². The summed E-state index contributed by atoms with van der Waals surface area (Å²) in [4.78, 5) is 32.4. The van der Waals surface area contributed by atoms with Crippen molar-refractivity contribution in [3.63, 3.8) is 0 Å². The first-order chi connectivity index (χ1) is 16.2. The van der Waals surface area contributed by atoms with Crippen LogP contribution in [0.5, 0.6) is 0 Å². The topological polar surface area (TPSA) is 282 Å². The average Bonchev–Trinajstić information content (AvgIpc) is 3.15. The molecule has 180 valence electrons. The van der Waals surface area contributed by atoms with Crippen LogP contribution in [0.25, 0.3) is 0 Å². The van der Waals surface area contributed by atoms with E-state index in [0.29, 0.717) is 0 Å². The van der Waals surface area contributed by atoms with Gasteiger partial charge in [0.1, 0.15) is 24.4 Å². The molecule has 0 bridgehead atoms. The van der Waals surface area contributed by atoms with Crippen LogP contribution in [0.15, 0.2) is 10.4 Å². The molecule has 0 radical (unpaired) electrons. The number of hydrogen-bond acceptors (Lipinski definition) is 18. The Morgan fingerprint density at radius 1 is 1.06 bits per heavy atom. The third-order valence-corrected chi connectivity index (χ3v) is 4.39. The zero-order valence-electron chi connectivity index (χ0n) is 17.3. The Hall–Kier alpha value is -4.03. The molecule has 0 aromatic rings. The minimum atomic E-state index is -2.63. The summed E-state index contributed by atoms with van der Waals surface area (Å²) in [6.45, 7) is 0.341. The van der Waals surface area contributed by atoms with Gasteiger partial charge in [0.2, 0.25) is 31.1 Å². The molecule has 0 saturated carbocycles. The van der Waals surface area contributed by atoms with Gasteiger partial charge in [-0.3, -0.25) is 0 Å². The minimum Gasteiger partial charge on any atom is -0.394 e. The van der Waals surface area contributed by atoms with Crippen molar-refractivity contribution in [2.75, 3.05) is 6.61 Å². The Labute approximate surface area is 191 Å². The van der Waals surface area contributed by atoms with Crippen molar-refractivity contribution in [1.82, 2.24) is 10.1 Å². The summed E-state index contributed by atoms with van der Waals surface area (Å²) in [5.74, 6) is -2.63. The van der Waals surface area contributed by atoms with E-state index in [9.17, 15) is 25.3 Å². The zero-order valence-corrected chi connectivity index (χ0v) is 17.3. The van der Waals surface area contributed by atoms with Gasteiger partial charge in [0, 0.05) is 6.42 Å². The van der Waals surface area contributed by atoms with Crippen LogP contribution in [0.3, 0.4) is 0 Å². The summed E-state index contributed by atoms with van der Waals surface area (Å²) in [5.41, 5.74) is 0. The standard InChI is InChI=1S/C16H17N9O9/c1-9(2-11(13(28)10(27)3-26)33-24(5-18)6-19)31-16(4-17)14(23-30)12(22-29)15(32-16)34-25(7-20)8-21/h9-15,26-28H,2-3H2,1H3/t9-,10-,11?,12?,13?,14?,15?,16+/m0/s1. The summed E-state index contributed by atoms with van der Waals surface area (Å²) < 4.78 is 10.6. The molecule has 1 heterocycles. The molecule has 34 heavy (non-hydrogen) atoms. The van der Waals surface area contributed by atoms with E-state index in [2.05, 4.69) is 10.4 Å². The highest BCUT2D eigenvalue weighted by molar-refractivity contribution is 5.13. The smallest absolute Gasteiger partial charge is 0.291 e. The van der Waals surface area contributed by atoms with E-state index >= 15 is 0 Å². The lowest BCUT2D eigenvalue weighted by Gasteiger charge is -2.31. The maximum Gasteiger partial charge on any atom is 0.291 e.